The monoisotopic (exact) mass is 269 g/mol. The van der Waals surface area contributed by atoms with Gasteiger partial charge in [-0.2, -0.15) is 0 Å². The highest BCUT2D eigenvalue weighted by Gasteiger charge is 2.29. The summed E-state index contributed by atoms with van der Waals surface area (Å²) in [6, 6.07) is 8.18. The molecule has 0 bridgehead atoms. The highest BCUT2D eigenvalue weighted by Crippen LogP contribution is 2.35. The zero-order valence-electron chi connectivity index (χ0n) is 11.6. The summed E-state index contributed by atoms with van der Waals surface area (Å²) in [5.41, 5.74) is 1.37. The normalized spacial score (nSPS) is 11.8. The fourth-order valence-electron chi connectivity index (χ4n) is 2.37. The second-order valence-corrected chi connectivity index (χ2v) is 5.04. The third-order valence-corrected chi connectivity index (χ3v) is 4.07. The number of hydrogen-bond acceptors (Lipinski definition) is 2. The molecule has 3 heteroatoms. The van der Waals surface area contributed by atoms with Crippen molar-refractivity contribution >= 4 is 11.6 Å². The molecular formula is C15H24ClNO. The minimum absolute atomic E-state index is 0.117. The van der Waals surface area contributed by atoms with Crippen LogP contribution in [0.2, 0.25) is 5.02 Å². The molecule has 0 aliphatic heterocycles. The van der Waals surface area contributed by atoms with Gasteiger partial charge in [-0.15, -0.1) is 0 Å². The van der Waals surface area contributed by atoms with E-state index in [1.54, 1.807) is 7.11 Å². The van der Waals surface area contributed by atoms with Crippen LogP contribution in [0.25, 0.3) is 0 Å². The number of methoxy groups -OCH3 is 1. The van der Waals surface area contributed by atoms with Crippen LogP contribution in [0.3, 0.4) is 0 Å². The number of hydrogen-bond donors (Lipinski definition) is 1. The Labute approximate surface area is 116 Å². The van der Waals surface area contributed by atoms with E-state index in [4.69, 9.17) is 16.3 Å². The fraction of sp³-hybridized carbons (Fsp3) is 0.600. The number of benzene rings is 1. The molecule has 1 N–H and O–H groups in total. The number of nitrogens with one attached hydrogen (secondary N) is 1. The molecule has 0 saturated heterocycles. The predicted octanol–water partition coefficient (Wildman–Crippen LogP) is 3.63. The molecule has 0 saturated carbocycles. The summed E-state index contributed by atoms with van der Waals surface area (Å²) in [6.45, 7) is 7.01. The first-order valence-electron chi connectivity index (χ1n) is 6.65. The van der Waals surface area contributed by atoms with Gasteiger partial charge in [0.2, 0.25) is 0 Å². The topological polar surface area (TPSA) is 21.3 Å². The first-order chi connectivity index (χ1) is 8.70. The summed E-state index contributed by atoms with van der Waals surface area (Å²) in [6.07, 6.45) is 2.15. The molecule has 0 heterocycles. The smallest absolute Gasteiger partial charge is 0.0587 e. The molecule has 0 unspecified atom stereocenters. The van der Waals surface area contributed by atoms with Crippen LogP contribution in [0.5, 0.6) is 0 Å². The first kappa shape index (κ1) is 15.5. The van der Waals surface area contributed by atoms with E-state index in [-0.39, 0.29) is 5.41 Å². The van der Waals surface area contributed by atoms with Crippen molar-refractivity contribution in [1.82, 2.24) is 5.32 Å². The molecule has 0 amide bonds. The van der Waals surface area contributed by atoms with Gasteiger partial charge < -0.3 is 10.1 Å². The van der Waals surface area contributed by atoms with Gasteiger partial charge >= 0.3 is 0 Å². The Kier molecular flexibility index (Phi) is 6.69. The van der Waals surface area contributed by atoms with Crippen molar-refractivity contribution in [3.05, 3.63) is 34.9 Å². The lowest BCUT2D eigenvalue weighted by molar-refractivity contribution is 0.195. The Balaban J connectivity index is 2.83. The van der Waals surface area contributed by atoms with E-state index in [9.17, 15) is 0 Å². The lowest BCUT2D eigenvalue weighted by Crippen LogP contribution is -2.38. The molecule has 102 valence electrons. The van der Waals surface area contributed by atoms with E-state index >= 15 is 0 Å². The van der Waals surface area contributed by atoms with Gasteiger partial charge in [0, 0.05) is 30.6 Å². The molecule has 0 aliphatic rings. The maximum Gasteiger partial charge on any atom is 0.0587 e. The molecular weight excluding hydrogens is 246 g/mol. The lowest BCUT2D eigenvalue weighted by atomic mass is 9.75. The summed E-state index contributed by atoms with van der Waals surface area (Å²) in [7, 11) is 1.72. The van der Waals surface area contributed by atoms with Gasteiger partial charge in [0.15, 0.2) is 0 Å². The minimum Gasteiger partial charge on any atom is -0.383 e. The second-order valence-electron chi connectivity index (χ2n) is 4.64. The molecule has 1 aromatic carbocycles. The SMILES string of the molecule is CCC(CC)(CNCCOC)c1ccccc1Cl. The van der Waals surface area contributed by atoms with Crippen molar-refractivity contribution in [3.63, 3.8) is 0 Å². The van der Waals surface area contributed by atoms with Gasteiger partial charge in [-0.05, 0) is 24.5 Å². The van der Waals surface area contributed by atoms with Crippen LogP contribution in [-0.2, 0) is 10.2 Å². The van der Waals surface area contributed by atoms with Crippen molar-refractivity contribution < 1.29 is 4.74 Å². The average Bonchev–Trinajstić information content (AvgIpc) is 2.41. The zero-order chi connectivity index (χ0) is 13.4. The summed E-state index contributed by atoms with van der Waals surface area (Å²) >= 11 is 6.35. The van der Waals surface area contributed by atoms with Crippen LogP contribution in [0, 0.1) is 0 Å². The van der Waals surface area contributed by atoms with Crippen molar-refractivity contribution in [2.45, 2.75) is 32.1 Å². The van der Waals surface area contributed by atoms with E-state index in [2.05, 4.69) is 31.3 Å². The Morgan fingerprint density at radius 2 is 1.89 bits per heavy atom. The largest absolute Gasteiger partial charge is 0.383 e. The van der Waals surface area contributed by atoms with Crippen molar-refractivity contribution in [3.8, 4) is 0 Å². The van der Waals surface area contributed by atoms with Crippen LogP contribution in [-0.4, -0.2) is 26.8 Å². The van der Waals surface area contributed by atoms with Crippen LogP contribution in [0.1, 0.15) is 32.3 Å². The van der Waals surface area contributed by atoms with E-state index in [0.29, 0.717) is 0 Å². The standard InChI is InChI=1S/C15H24ClNO/c1-4-15(5-2,12-17-10-11-18-3)13-8-6-7-9-14(13)16/h6-9,17H,4-5,10-12H2,1-3H3. The van der Waals surface area contributed by atoms with Crippen molar-refractivity contribution in [1.29, 1.82) is 0 Å². The van der Waals surface area contributed by atoms with E-state index < -0.39 is 0 Å². The van der Waals surface area contributed by atoms with E-state index in [1.807, 2.05) is 12.1 Å². The molecule has 0 fully saturated rings. The van der Waals surface area contributed by atoms with Crippen LogP contribution in [0.4, 0.5) is 0 Å². The van der Waals surface area contributed by atoms with Gasteiger partial charge in [0.25, 0.3) is 0 Å². The summed E-state index contributed by atoms with van der Waals surface area (Å²) < 4.78 is 5.06. The van der Waals surface area contributed by atoms with Gasteiger partial charge in [0.1, 0.15) is 0 Å². The third kappa shape index (κ3) is 3.71. The summed E-state index contributed by atoms with van der Waals surface area (Å²) in [4.78, 5) is 0. The Morgan fingerprint density at radius 1 is 1.22 bits per heavy atom. The Morgan fingerprint density at radius 3 is 2.44 bits per heavy atom. The second kappa shape index (κ2) is 7.78. The van der Waals surface area contributed by atoms with Gasteiger partial charge in [0.05, 0.1) is 6.61 Å². The van der Waals surface area contributed by atoms with Crippen molar-refractivity contribution in [2.75, 3.05) is 26.8 Å². The maximum atomic E-state index is 6.35. The van der Waals surface area contributed by atoms with E-state index in [0.717, 1.165) is 37.6 Å². The summed E-state index contributed by atoms with van der Waals surface area (Å²) in [5.74, 6) is 0. The molecule has 0 aromatic heterocycles. The predicted molar refractivity (Wildman–Crippen MR) is 78.5 cm³/mol. The molecule has 0 spiro atoms. The average molecular weight is 270 g/mol. The zero-order valence-corrected chi connectivity index (χ0v) is 12.4. The van der Waals surface area contributed by atoms with Gasteiger partial charge in [-0.1, -0.05) is 43.6 Å². The van der Waals surface area contributed by atoms with Crippen LogP contribution in [0.15, 0.2) is 24.3 Å². The number of rotatable bonds is 8. The Hall–Kier alpha value is -0.570. The highest BCUT2D eigenvalue weighted by atomic mass is 35.5. The molecule has 1 aromatic rings. The molecule has 0 aliphatic carbocycles. The number of ether oxygens (including phenoxy) is 1. The fourth-order valence-corrected chi connectivity index (χ4v) is 2.71. The molecule has 0 radical (unpaired) electrons. The lowest BCUT2D eigenvalue weighted by Gasteiger charge is -2.33. The molecule has 2 nitrogen and oxygen atoms in total. The van der Waals surface area contributed by atoms with Crippen molar-refractivity contribution in [2.24, 2.45) is 0 Å². The Bertz CT molecular complexity index is 350. The molecule has 18 heavy (non-hydrogen) atoms. The minimum atomic E-state index is 0.117. The highest BCUT2D eigenvalue weighted by molar-refractivity contribution is 6.31. The van der Waals surface area contributed by atoms with Gasteiger partial charge in [-0.3, -0.25) is 0 Å². The quantitative estimate of drug-likeness (QED) is 0.728. The van der Waals surface area contributed by atoms with E-state index in [1.165, 1.54) is 5.56 Å². The summed E-state index contributed by atoms with van der Waals surface area (Å²) in [5, 5.41) is 4.34. The molecule has 0 atom stereocenters. The van der Waals surface area contributed by atoms with Crippen LogP contribution < -0.4 is 5.32 Å². The number of halogens is 1. The maximum absolute atomic E-state index is 6.35. The van der Waals surface area contributed by atoms with Crippen LogP contribution >= 0.6 is 11.6 Å². The first-order valence-corrected chi connectivity index (χ1v) is 7.02. The molecule has 1 rings (SSSR count). The van der Waals surface area contributed by atoms with Gasteiger partial charge in [-0.25, -0.2) is 0 Å². The third-order valence-electron chi connectivity index (χ3n) is 3.75.